The predicted octanol–water partition coefficient (Wildman–Crippen LogP) is 5.52. The van der Waals surface area contributed by atoms with Gasteiger partial charge in [-0.1, -0.05) is 40.7 Å². The quantitative estimate of drug-likeness (QED) is 0.581. The summed E-state index contributed by atoms with van der Waals surface area (Å²) in [4.78, 5) is 9.57. The SMILES string of the molecule is C=C(C)c1nc(-c2ccc(OCC)nc2CC)c(CC)cc1NCCO.CCC. The van der Waals surface area contributed by atoms with E-state index in [0.717, 1.165) is 52.3 Å². The van der Waals surface area contributed by atoms with Crippen LogP contribution in [0.15, 0.2) is 24.8 Å². The van der Waals surface area contributed by atoms with Crippen LogP contribution in [0.1, 0.15) is 64.9 Å². The maximum atomic E-state index is 9.13. The van der Waals surface area contributed by atoms with Crippen LogP contribution in [0, 0.1) is 0 Å². The molecular weight excluding hydrogens is 362 g/mol. The second kappa shape index (κ2) is 12.9. The van der Waals surface area contributed by atoms with Crippen LogP contribution in [0.25, 0.3) is 16.8 Å². The highest BCUT2D eigenvalue weighted by Gasteiger charge is 2.16. The summed E-state index contributed by atoms with van der Waals surface area (Å²) >= 11 is 0. The average Bonchev–Trinajstić information content (AvgIpc) is 2.72. The van der Waals surface area contributed by atoms with Crippen molar-refractivity contribution >= 4 is 11.3 Å². The molecule has 0 saturated heterocycles. The van der Waals surface area contributed by atoms with Crippen molar-refractivity contribution < 1.29 is 9.84 Å². The Morgan fingerprint density at radius 1 is 1.10 bits per heavy atom. The molecule has 0 fully saturated rings. The molecule has 160 valence electrons. The van der Waals surface area contributed by atoms with E-state index in [1.54, 1.807) is 0 Å². The number of pyridine rings is 2. The lowest BCUT2D eigenvalue weighted by Gasteiger charge is -2.18. The molecule has 2 heterocycles. The van der Waals surface area contributed by atoms with Gasteiger partial charge in [0.2, 0.25) is 5.88 Å². The number of aromatic nitrogens is 2. The highest BCUT2D eigenvalue weighted by Crippen LogP contribution is 2.32. The molecule has 0 aliphatic heterocycles. The number of rotatable bonds is 9. The van der Waals surface area contributed by atoms with E-state index in [1.807, 2.05) is 26.0 Å². The molecule has 0 aliphatic rings. The van der Waals surface area contributed by atoms with Gasteiger partial charge >= 0.3 is 0 Å². The summed E-state index contributed by atoms with van der Waals surface area (Å²) < 4.78 is 5.54. The molecule has 2 rings (SSSR count). The van der Waals surface area contributed by atoms with Crippen molar-refractivity contribution in [2.24, 2.45) is 0 Å². The van der Waals surface area contributed by atoms with E-state index in [0.29, 0.717) is 19.0 Å². The maximum absolute atomic E-state index is 9.13. The first-order chi connectivity index (χ1) is 14.0. The Kier molecular flexibility index (Phi) is 11.0. The van der Waals surface area contributed by atoms with E-state index in [-0.39, 0.29) is 6.61 Å². The summed E-state index contributed by atoms with van der Waals surface area (Å²) in [7, 11) is 0. The molecule has 0 bridgehead atoms. The van der Waals surface area contributed by atoms with E-state index in [1.165, 1.54) is 6.42 Å². The number of hydrogen-bond donors (Lipinski definition) is 2. The molecule has 2 aromatic rings. The van der Waals surface area contributed by atoms with Crippen LogP contribution < -0.4 is 10.1 Å². The molecule has 0 unspecified atom stereocenters. The van der Waals surface area contributed by atoms with Crippen molar-refractivity contribution in [2.45, 2.75) is 60.8 Å². The minimum absolute atomic E-state index is 0.0711. The van der Waals surface area contributed by atoms with E-state index in [4.69, 9.17) is 14.8 Å². The lowest BCUT2D eigenvalue weighted by molar-refractivity contribution is 0.311. The van der Waals surface area contributed by atoms with Crippen LogP contribution in [-0.4, -0.2) is 34.8 Å². The largest absolute Gasteiger partial charge is 0.478 e. The third-order valence-electron chi connectivity index (χ3n) is 4.14. The minimum atomic E-state index is 0.0711. The second-order valence-corrected chi connectivity index (χ2v) is 6.81. The number of nitrogens with zero attached hydrogens (tertiary/aromatic N) is 2. The maximum Gasteiger partial charge on any atom is 0.213 e. The molecule has 0 saturated carbocycles. The lowest BCUT2D eigenvalue weighted by Crippen LogP contribution is -2.10. The van der Waals surface area contributed by atoms with Gasteiger partial charge in [0.25, 0.3) is 0 Å². The molecule has 0 atom stereocenters. The summed E-state index contributed by atoms with van der Waals surface area (Å²) in [5.41, 5.74) is 6.69. The predicted molar refractivity (Wildman–Crippen MR) is 124 cm³/mol. The fourth-order valence-electron chi connectivity index (χ4n) is 2.90. The summed E-state index contributed by atoms with van der Waals surface area (Å²) in [6, 6.07) is 6.05. The lowest BCUT2D eigenvalue weighted by atomic mass is 9.99. The normalized spacial score (nSPS) is 10.2. The first-order valence-corrected chi connectivity index (χ1v) is 10.6. The Bertz CT molecular complexity index is 788. The Morgan fingerprint density at radius 3 is 2.31 bits per heavy atom. The number of hydrogen-bond acceptors (Lipinski definition) is 5. The highest BCUT2D eigenvalue weighted by atomic mass is 16.5. The van der Waals surface area contributed by atoms with Gasteiger partial charge in [-0.25, -0.2) is 9.97 Å². The van der Waals surface area contributed by atoms with Crippen molar-refractivity contribution in [3.05, 3.63) is 41.7 Å². The number of anilines is 1. The van der Waals surface area contributed by atoms with Crippen LogP contribution in [0.5, 0.6) is 5.88 Å². The summed E-state index contributed by atoms with van der Waals surface area (Å²) in [6.45, 7) is 17.6. The molecule has 2 N–H and O–H groups in total. The zero-order valence-corrected chi connectivity index (χ0v) is 18.9. The minimum Gasteiger partial charge on any atom is -0.478 e. The number of nitrogens with one attached hydrogen (secondary N) is 1. The molecule has 0 aliphatic carbocycles. The van der Waals surface area contributed by atoms with Gasteiger partial charge in [-0.2, -0.15) is 0 Å². The number of aliphatic hydroxyl groups excluding tert-OH is 1. The van der Waals surface area contributed by atoms with Crippen LogP contribution >= 0.6 is 0 Å². The van der Waals surface area contributed by atoms with Crippen LogP contribution in [0.2, 0.25) is 0 Å². The zero-order chi connectivity index (χ0) is 21.8. The van der Waals surface area contributed by atoms with E-state index >= 15 is 0 Å². The van der Waals surface area contributed by atoms with Crippen molar-refractivity contribution in [1.82, 2.24) is 9.97 Å². The fourth-order valence-corrected chi connectivity index (χ4v) is 2.90. The van der Waals surface area contributed by atoms with E-state index in [2.05, 4.69) is 50.6 Å². The fraction of sp³-hybridized carbons (Fsp3) is 0.500. The molecule has 0 amide bonds. The smallest absolute Gasteiger partial charge is 0.213 e. The number of aliphatic hydroxyl groups is 1. The van der Waals surface area contributed by atoms with E-state index < -0.39 is 0 Å². The highest BCUT2D eigenvalue weighted by molar-refractivity contribution is 5.77. The molecule has 0 spiro atoms. The van der Waals surface area contributed by atoms with Gasteiger partial charge in [0, 0.05) is 18.2 Å². The third kappa shape index (κ3) is 6.86. The molecule has 5 nitrogen and oxygen atoms in total. The summed E-state index contributed by atoms with van der Waals surface area (Å²) in [5, 5.41) is 12.4. The Balaban J connectivity index is 0.00000132. The van der Waals surface area contributed by atoms with Gasteiger partial charge < -0.3 is 15.2 Å². The van der Waals surface area contributed by atoms with Crippen molar-refractivity contribution in [1.29, 1.82) is 0 Å². The summed E-state index contributed by atoms with van der Waals surface area (Å²) in [6.07, 6.45) is 2.90. The molecular formula is C24H37N3O2. The molecule has 29 heavy (non-hydrogen) atoms. The third-order valence-corrected chi connectivity index (χ3v) is 4.14. The van der Waals surface area contributed by atoms with E-state index in [9.17, 15) is 0 Å². The molecule has 0 radical (unpaired) electrons. The van der Waals surface area contributed by atoms with Crippen molar-refractivity contribution in [3.8, 4) is 17.1 Å². The first kappa shape index (κ1) is 24.6. The Labute approximate surface area is 176 Å². The first-order valence-electron chi connectivity index (χ1n) is 10.6. The Hall–Kier alpha value is -2.40. The van der Waals surface area contributed by atoms with Gasteiger partial charge in [0.15, 0.2) is 0 Å². The monoisotopic (exact) mass is 399 g/mol. The number of allylic oxidation sites excluding steroid dienone is 1. The van der Waals surface area contributed by atoms with Gasteiger partial charge in [0.05, 0.1) is 36.0 Å². The standard InChI is InChI=1S/C21H29N3O2.C3H8/c1-6-15-13-18(22-11-12-25)20(14(4)5)24-21(15)16-9-10-19(26-8-3)23-17(16)7-2;1-3-2/h9-10,13,22,25H,4,6-8,11-12H2,1-3,5H3;3H2,1-2H3. The van der Waals surface area contributed by atoms with Gasteiger partial charge in [-0.15, -0.1) is 0 Å². The van der Waals surface area contributed by atoms with Gasteiger partial charge in [-0.05, 0) is 50.0 Å². The second-order valence-electron chi connectivity index (χ2n) is 6.81. The molecule has 0 aromatic carbocycles. The topological polar surface area (TPSA) is 67.3 Å². The van der Waals surface area contributed by atoms with Crippen LogP contribution in [-0.2, 0) is 12.8 Å². The molecule has 5 heteroatoms. The van der Waals surface area contributed by atoms with Crippen molar-refractivity contribution in [3.63, 3.8) is 0 Å². The molecule has 2 aromatic heterocycles. The van der Waals surface area contributed by atoms with Crippen molar-refractivity contribution in [2.75, 3.05) is 25.1 Å². The van der Waals surface area contributed by atoms with Crippen LogP contribution in [0.3, 0.4) is 0 Å². The van der Waals surface area contributed by atoms with Gasteiger partial charge in [0.1, 0.15) is 0 Å². The zero-order valence-electron chi connectivity index (χ0n) is 18.9. The summed E-state index contributed by atoms with van der Waals surface area (Å²) in [5.74, 6) is 0.646. The number of ether oxygens (including phenoxy) is 1. The average molecular weight is 400 g/mol. The van der Waals surface area contributed by atoms with Gasteiger partial charge in [-0.3, -0.25) is 0 Å². The number of aryl methyl sites for hydroxylation is 2. The van der Waals surface area contributed by atoms with Crippen LogP contribution in [0.4, 0.5) is 5.69 Å². The Morgan fingerprint density at radius 2 is 1.79 bits per heavy atom.